The van der Waals surface area contributed by atoms with Crippen molar-refractivity contribution in [2.75, 3.05) is 30.8 Å². The van der Waals surface area contributed by atoms with Gasteiger partial charge in [0.15, 0.2) is 5.58 Å². The highest BCUT2D eigenvalue weighted by Gasteiger charge is 2.04. The summed E-state index contributed by atoms with van der Waals surface area (Å²) in [5.74, 6) is 0.579. The van der Waals surface area contributed by atoms with Crippen LogP contribution in [0.5, 0.6) is 0 Å². The molecule has 0 atom stereocenters. The second kappa shape index (κ2) is 6.43. The molecule has 5 heteroatoms. The van der Waals surface area contributed by atoms with E-state index in [4.69, 9.17) is 14.9 Å². The number of ether oxygens (including phenoxy) is 1. The first-order valence-electron chi connectivity index (χ1n) is 6.63. The second-order valence-corrected chi connectivity index (χ2v) is 5.00. The van der Waals surface area contributed by atoms with Crippen LogP contribution in [-0.2, 0) is 4.74 Å². The van der Waals surface area contributed by atoms with Crippen LogP contribution in [0.15, 0.2) is 22.6 Å². The zero-order valence-electron chi connectivity index (χ0n) is 11.5. The Kier molecular flexibility index (Phi) is 4.63. The standard InChI is InChI=1S/C14H21N3O2/c1-10(2)9-18-7-3-6-16-14-17-12-5-4-11(15)8-13(12)19-14/h4-5,8,10H,3,6-7,9,15H2,1-2H3,(H,16,17). The quantitative estimate of drug-likeness (QED) is 0.593. The molecule has 2 rings (SSSR count). The summed E-state index contributed by atoms with van der Waals surface area (Å²) < 4.78 is 11.1. The van der Waals surface area contributed by atoms with Crippen LogP contribution in [0.3, 0.4) is 0 Å². The maximum atomic E-state index is 5.69. The molecule has 1 aromatic heterocycles. The Labute approximate surface area is 113 Å². The Morgan fingerprint density at radius 3 is 3.05 bits per heavy atom. The van der Waals surface area contributed by atoms with Crippen LogP contribution in [0, 0.1) is 5.92 Å². The third kappa shape index (κ3) is 4.13. The van der Waals surface area contributed by atoms with Gasteiger partial charge in [0.05, 0.1) is 0 Å². The van der Waals surface area contributed by atoms with Crippen LogP contribution in [0.25, 0.3) is 11.1 Å². The Hall–Kier alpha value is -1.75. The molecule has 0 amide bonds. The molecule has 3 N–H and O–H groups in total. The maximum absolute atomic E-state index is 5.69. The summed E-state index contributed by atoms with van der Waals surface area (Å²) in [6.45, 7) is 6.62. The summed E-state index contributed by atoms with van der Waals surface area (Å²) in [4.78, 5) is 4.33. The van der Waals surface area contributed by atoms with Crippen LogP contribution in [0.4, 0.5) is 11.7 Å². The second-order valence-electron chi connectivity index (χ2n) is 5.00. The fraction of sp³-hybridized carbons (Fsp3) is 0.500. The van der Waals surface area contributed by atoms with E-state index in [-0.39, 0.29) is 0 Å². The van der Waals surface area contributed by atoms with E-state index in [9.17, 15) is 0 Å². The minimum atomic E-state index is 0.532. The molecular formula is C14H21N3O2. The summed E-state index contributed by atoms with van der Waals surface area (Å²) >= 11 is 0. The van der Waals surface area contributed by atoms with E-state index >= 15 is 0 Å². The predicted molar refractivity (Wildman–Crippen MR) is 77.2 cm³/mol. The maximum Gasteiger partial charge on any atom is 0.295 e. The molecule has 1 heterocycles. The SMILES string of the molecule is CC(C)COCCCNc1nc2ccc(N)cc2o1. The minimum Gasteiger partial charge on any atom is -0.423 e. The fourth-order valence-corrected chi connectivity index (χ4v) is 1.71. The van der Waals surface area contributed by atoms with Crippen molar-refractivity contribution in [1.29, 1.82) is 0 Å². The average molecular weight is 263 g/mol. The van der Waals surface area contributed by atoms with Gasteiger partial charge in [-0.2, -0.15) is 4.98 Å². The lowest BCUT2D eigenvalue weighted by molar-refractivity contribution is 0.109. The monoisotopic (exact) mass is 263 g/mol. The number of nitrogen functional groups attached to an aromatic ring is 1. The lowest BCUT2D eigenvalue weighted by Gasteiger charge is -2.06. The largest absolute Gasteiger partial charge is 0.423 e. The van der Waals surface area contributed by atoms with E-state index in [0.717, 1.165) is 31.7 Å². The number of fused-ring (bicyclic) bond motifs is 1. The Balaban J connectivity index is 1.75. The Bertz CT molecular complexity index is 522. The van der Waals surface area contributed by atoms with Gasteiger partial charge in [0, 0.05) is 31.5 Å². The van der Waals surface area contributed by atoms with Gasteiger partial charge in [-0.25, -0.2) is 0 Å². The van der Waals surface area contributed by atoms with Crippen LogP contribution in [0.1, 0.15) is 20.3 Å². The van der Waals surface area contributed by atoms with Crippen molar-refractivity contribution >= 4 is 22.8 Å². The van der Waals surface area contributed by atoms with Gasteiger partial charge >= 0.3 is 0 Å². The molecule has 1 aromatic carbocycles. The summed E-state index contributed by atoms with van der Waals surface area (Å²) in [6, 6.07) is 5.98. The lowest BCUT2D eigenvalue weighted by Crippen LogP contribution is -2.08. The van der Waals surface area contributed by atoms with E-state index < -0.39 is 0 Å². The highest BCUT2D eigenvalue weighted by Crippen LogP contribution is 2.20. The molecule has 19 heavy (non-hydrogen) atoms. The molecule has 0 radical (unpaired) electrons. The first-order valence-corrected chi connectivity index (χ1v) is 6.63. The van der Waals surface area contributed by atoms with Crippen LogP contribution >= 0.6 is 0 Å². The molecule has 0 aliphatic carbocycles. The van der Waals surface area contributed by atoms with Crippen LogP contribution in [-0.4, -0.2) is 24.7 Å². The number of rotatable bonds is 7. The zero-order chi connectivity index (χ0) is 13.7. The number of aromatic nitrogens is 1. The molecule has 5 nitrogen and oxygen atoms in total. The molecule has 0 aliphatic heterocycles. The topological polar surface area (TPSA) is 73.3 Å². The van der Waals surface area contributed by atoms with Crippen LogP contribution < -0.4 is 11.1 Å². The summed E-state index contributed by atoms with van der Waals surface area (Å²) in [5.41, 5.74) is 7.89. The Morgan fingerprint density at radius 1 is 1.42 bits per heavy atom. The van der Waals surface area contributed by atoms with Crippen molar-refractivity contribution < 1.29 is 9.15 Å². The number of benzene rings is 1. The number of hydrogen-bond acceptors (Lipinski definition) is 5. The van der Waals surface area contributed by atoms with Crippen molar-refractivity contribution in [3.8, 4) is 0 Å². The molecule has 0 fully saturated rings. The summed E-state index contributed by atoms with van der Waals surface area (Å²) in [5, 5.41) is 3.14. The first kappa shape index (κ1) is 13.7. The van der Waals surface area contributed by atoms with Gasteiger partial charge in [0.25, 0.3) is 6.01 Å². The highest BCUT2D eigenvalue weighted by atomic mass is 16.5. The van der Waals surface area contributed by atoms with E-state index in [2.05, 4.69) is 24.1 Å². The lowest BCUT2D eigenvalue weighted by atomic mass is 10.2. The zero-order valence-corrected chi connectivity index (χ0v) is 11.5. The molecular weight excluding hydrogens is 242 g/mol. The minimum absolute atomic E-state index is 0.532. The predicted octanol–water partition coefficient (Wildman–Crippen LogP) is 2.88. The summed E-state index contributed by atoms with van der Waals surface area (Å²) in [7, 11) is 0. The van der Waals surface area contributed by atoms with Gasteiger partial charge < -0.3 is 20.2 Å². The van der Waals surface area contributed by atoms with E-state index in [0.29, 0.717) is 23.2 Å². The molecule has 2 aromatic rings. The van der Waals surface area contributed by atoms with Crippen molar-refractivity contribution in [1.82, 2.24) is 4.98 Å². The fourth-order valence-electron chi connectivity index (χ4n) is 1.71. The van der Waals surface area contributed by atoms with Crippen molar-refractivity contribution in [2.45, 2.75) is 20.3 Å². The van der Waals surface area contributed by atoms with Gasteiger partial charge in [-0.3, -0.25) is 0 Å². The third-order valence-corrected chi connectivity index (χ3v) is 2.61. The smallest absolute Gasteiger partial charge is 0.295 e. The van der Waals surface area contributed by atoms with E-state index in [1.54, 1.807) is 6.07 Å². The number of oxazole rings is 1. The first-order chi connectivity index (χ1) is 9.15. The molecule has 0 bridgehead atoms. The summed E-state index contributed by atoms with van der Waals surface area (Å²) in [6.07, 6.45) is 0.924. The molecule has 0 saturated heterocycles. The van der Waals surface area contributed by atoms with Crippen molar-refractivity contribution in [3.63, 3.8) is 0 Å². The van der Waals surface area contributed by atoms with E-state index in [1.807, 2.05) is 12.1 Å². The van der Waals surface area contributed by atoms with Gasteiger partial charge in [0.1, 0.15) is 5.52 Å². The van der Waals surface area contributed by atoms with Crippen LogP contribution in [0.2, 0.25) is 0 Å². The van der Waals surface area contributed by atoms with Gasteiger partial charge in [-0.05, 0) is 24.5 Å². The average Bonchev–Trinajstić information content (AvgIpc) is 2.75. The third-order valence-electron chi connectivity index (χ3n) is 2.61. The van der Waals surface area contributed by atoms with Gasteiger partial charge in [-0.15, -0.1) is 0 Å². The molecule has 0 unspecified atom stereocenters. The highest BCUT2D eigenvalue weighted by molar-refractivity contribution is 5.77. The number of nitrogens with two attached hydrogens (primary N) is 1. The molecule has 104 valence electrons. The van der Waals surface area contributed by atoms with Crippen molar-refractivity contribution in [2.24, 2.45) is 5.92 Å². The number of hydrogen-bond donors (Lipinski definition) is 2. The van der Waals surface area contributed by atoms with E-state index in [1.165, 1.54) is 0 Å². The Morgan fingerprint density at radius 2 is 2.26 bits per heavy atom. The number of nitrogens with one attached hydrogen (secondary N) is 1. The molecule has 0 saturated carbocycles. The van der Waals surface area contributed by atoms with Gasteiger partial charge in [-0.1, -0.05) is 13.8 Å². The number of nitrogens with zero attached hydrogens (tertiary/aromatic N) is 1. The molecule has 0 spiro atoms. The van der Waals surface area contributed by atoms with Gasteiger partial charge in [0.2, 0.25) is 0 Å². The normalized spacial score (nSPS) is 11.3. The van der Waals surface area contributed by atoms with Crippen molar-refractivity contribution in [3.05, 3.63) is 18.2 Å². The number of anilines is 2. The molecule has 0 aliphatic rings.